The van der Waals surface area contributed by atoms with E-state index in [0.29, 0.717) is 0 Å². The lowest BCUT2D eigenvalue weighted by Gasteiger charge is -2.33. The van der Waals surface area contributed by atoms with Crippen LogP contribution in [0.5, 0.6) is 5.75 Å². The highest BCUT2D eigenvalue weighted by molar-refractivity contribution is 8.11. The quantitative estimate of drug-likeness (QED) is 0.612. The number of benzene rings is 1. The second-order valence-electron chi connectivity index (χ2n) is 3.36. The number of para-hydroxylation sites is 1. The van der Waals surface area contributed by atoms with Crippen molar-refractivity contribution >= 4 is 24.4 Å². The number of ether oxygens (including phenoxy) is 1. The maximum atomic E-state index is 5.89. The Hall–Kier alpha value is -0.280. The molecule has 1 aromatic rings. The number of aryl methyl sites for hydroxylation is 1. The van der Waals surface area contributed by atoms with Crippen molar-refractivity contribution in [3.63, 3.8) is 0 Å². The predicted octanol–water partition coefficient (Wildman–Crippen LogP) is 3.35. The van der Waals surface area contributed by atoms with Crippen LogP contribution >= 0.6 is 24.4 Å². The molecule has 0 amide bonds. The fourth-order valence-electron chi connectivity index (χ4n) is 1.65. The van der Waals surface area contributed by atoms with Crippen LogP contribution in [0.15, 0.2) is 24.3 Å². The summed E-state index contributed by atoms with van der Waals surface area (Å²) in [7, 11) is 0. The van der Waals surface area contributed by atoms with Gasteiger partial charge in [-0.3, -0.25) is 0 Å². The van der Waals surface area contributed by atoms with Gasteiger partial charge in [-0.2, -0.15) is 0 Å². The molecule has 0 saturated carbocycles. The molecule has 0 spiro atoms. The van der Waals surface area contributed by atoms with Crippen molar-refractivity contribution in [2.75, 3.05) is 5.75 Å². The van der Waals surface area contributed by atoms with Gasteiger partial charge in [0.15, 0.2) is 4.27 Å². The first-order valence-corrected chi connectivity index (χ1v) is 6.30. The van der Waals surface area contributed by atoms with E-state index in [2.05, 4.69) is 31.7 Å². The summed E-state index contributed by atoms with van der Waals surface area (Å²) in [4.78, 5) is 0. The van der Waals surface area contributed by atoms with Crippen molar-refractivity contribution in [3.8, 4) is 5.75 Å². The van der Waals surface area contributed by atoms with Gasteiger partial charge in [0.1, 0.15) is 5.75 Å². The second-order valence-corrected chi connectivity index (χ2v) is 5.91. The van der Waals surface area contributed by atoms with Gasteiger partial charge in [-0.1, -0.05) is 25.1 Å². The number of hydrogen-bond donors (Lipinski definition) is 1. The highest BCUT2D eigenvalue weighted by Gasteiger charge is 2.32. The molecule has 14 heavy (non-hydrogen) atoms. The molecule has 76 valence electrons. The van der Waals surface area contributed by atoms with Crippen LogP contribution in [0.1, 0.15) is 18.9 Å². The van der Waals surface area contributed by atoms with Crippen LogP contribution < -0.4 is 4.74 Å². The third-order valence-electron chi connectivity index (χ3n) is 2.32. The van der Waals surface area contributed by atoms with E-state index >= 15 is 0 Å². The number of hydrogen-bond acceptors (Lipinski definition) is 3. The van der Waals surface area contributed by atoms with E-state index in [-0.39, 0.29) is 4.27 Å². The minimum atomic E-state index is -0.316. The zero-order chi connectivity index (χ0) is 10.0. The summed E-state index contributed by atoms with van der Waals surface area (Å²) >= 11 is 6.36. The molecular weight excluding hydrogens is 212 g/mol. The lowest BCUT2D eigenvalue weighted by molar-refractivity contribution is 0.227. The van der Waals surface area contributed by atoms with E-state index in [1.807, 2.05) is 12.1 Å². The van der Waals surface area contributed by atoms with Crippen LogP contribution in [0.4, 0.5) is 0 Å². The van der Waals surface area contributed by atoms with Gasteiger partial charge in [-0.05, 0) is 23.8 Å². The van der Waals surface area contributed by atoms with E-state index in [9.17, 15) is 0 Å². The lowest BCUT2D eigenvalue weighted by Crippen LogP contribution is -2.30. The third kappa shape index (κ3) is 2.04. The van der Waals surface area contributed by atoms with Crippen molar-refractivity contribution in [1.82, 2.24) is 0 Å². The molecule has 3 heteroatoms. The largest absolute Gasteiger partial charge is 0.467 e. The summed E-state index contributed by atoms with van der Waals surface area (Å²) in [6.45, 7) is 2.13. The first-order valence-electron chi connectivity index (χ1n) is 4.87. The van der Waals surface area contributed by atoms with Gasteiger partial charge in [-0.25, -0.2) is 0 Å². The third-order valence-corrected chi connectivity index (χ3v) is 4.05. The molecule has 1 aromatic carbocycles. The van der Waals surface area contributed by atoms with Gasteiger partial charge in [0.05, 0.1) is 0 Å². The molecule has 0 aromatic heterocycles. The molecule has 2 rings (SSSR count). The summed E-state index contributed by atoms with van der Waals surface area (Å²) in [5, 5.41) is 0. The fraction of sp³-hybridized carbons (Fsp3) is 0.455. The molecule has 0 radical (unpaired) electrons. The molecule has 1 unspecified atom stereocenters. The van der Waals surface area contributed by atoms with Gasteiger partial charge in [0.25, 0.3) is 0 Å². The van der Waals surface area contributed by atoms with Gasteiger partial charge < -0.3 is 4.74 Å². The normalized spacial score (nSPS) is 25.3. The zero-order valence-corrected chi connectivity index (χ0v) is 9.91. The standard InChI is InChI=1S/C11H14OS2/c1-2-14-11(13)8-7-9-5-3-4-6-10(9)12-11/h3-6,13H,2,7-8H2,1H3. The minimum Gasteiger partial charge on any atom is -0.467 e. The van der Waals surface area contributed by atoms with Crippen molar-refractivity contribution in [3.05, 3.63) is 29.8 Å². The Morgan fingerprint density at radius 2 is 2.29 bits per heavy atom. The zero-order valence-electron chi connectivity index (χ0n) is 8.19. The predicted molar refractivity (Wildman–Crippen MR) is 65.2 cm³/mol. The Balaban J connectivity index is 2.20. The molecule has 0 fully saturated rings. The summed E-state index contributed by atoms with van der Waals surface area (Å²) in [6, 6.07) is 8.21. The van der Waals surface area contributed by atoms with E-state index in [0.717, 1.165) is 24.3 Å². The van der Waals surface area contributed by atoms with Crippen molar-refractivity contribution < 1.29 is 4.74 Å². The van der Waals surface area contributed by atoms with Gasteiger partial charge in [0.2, 0.25) is 0 Å². The van der Waals surface area contributed by atoms with E-state index in [1.165, 1.54) is 5.56 Å². The minimum absolute atomic E-state index is 0.316. The van der Waals surface area contributed by atoms with Crippen LogP contribution in [0.2, 0.25) is 0 Å². The maximum absolute atomic E-state index is 5.89. The average Bonchev–Trinajstić information content (AvgIpc) is 2.17. The molecule has 0 bridgehead atoms. The first-order chi connectivity index (χ1) is 6.73. The number of thiol groups is 1. The smallest absolute Gasteiger partial charge is 0.199 e. The Morgan fingerprint density at radius 1 is 1.50 bits per heavy atom. The van der Waals surface area contributed by atoms with Crippen molar-refractivity contribution in [1.29, 1.82) is 0 Å². The van der Waals surface area contributed by atoms with Crippen LogP contribution in [-0.2, 0) is 6.42 Å². The van der Waals surface area contributed by atoms with Gasteiger partial charge in [0, 0.05) is 6.42 Å². The Kier molecular flexibility index (Phi) is 2.98. The number of fused-ring (bicyclic) bond motifs is 1. The van der Waals surface area contributed by atoms with Crippen molar-refractivity contribution in [2.24, 2.45) is 0 Å². The van der Waals surface area contributed by atoms with E-state index in [1.54, 1.807) is 11.8 Å². The second kappa shape index (κ2) is 4.07. The van der Waals surface area contributed by atoms with Crippen LogP contribution in [0, 0.1) is 0 Å². The Morgan fingerprint density at radius 3 is 3.07 bits per heavy atom. The summed E-state index contributed by atoms with van der Waals surface area (Å²) in [5.74, 6) is 2.03. The summed E-state index contributed by atoms with van der Waals surface area (Å²) in [6.07, 6.45) is 2.04. The number of thioether (sulfide) groups is 1. The van der Waals surface area contributed by atoms with Crippen LogP contribution in [-0.4, -0.2) is 10.0 Å². The van der Waals surface area contributed by atoms with Crippen molar-refractivity contribution in [2.45, 2.75) is 24.0 Å². The summed E-state index contributed by atoms with van der Waals surface area (Å²) in [5.41, 5.74) is 1.30. The molecule has 0 saturated heterocycles. The average molecular weight is 226 g/mol. The molecule has 1 nitrogen and oxygen atoms in total. The van der Waals surface area contributed by atoms with Crippen LogP contribution in [0.3, 0.4) is 0 Å². The molecule has 0 N–H and O–H groups in total. The van der Waals surface area contributed by atoms with Crippen LogP contribution in [0.25, 0.3) is 0 Å². The molecule has 0 aliphatic carbocycles. The van der Waals surface area contributed by atoms with Gasteiger partial charge in [-0.15, -0.1) is 24.4 Å². The molecule has 1 heterocycles. The molecular formula is C11H14OS2. The van der Waals surface area contributed by atoms with Gasteiger partial charge >= 0.3 is 0 Å². The number of rotatable bonds is 2. The molecule has 1 aliphatic rings. The maximum Gasteiger partial charge on any atom is 0.199 e. The van der Waals surface area contributed by atoms with E-state index in [4.69, 9.17) is 4.74 Å². The Bertz CT molecular complexity index is 327. The first kappa shape index (κ1) is 10.2. The lowest BCUT2D eigenvalue weighted by atomic mass is 10.1. The summed E-state index contributed by atoms with van der Waals surface area (Å²) < 4.78 is 5.57. The molecule has 1 atom stereocenters. The van der Waals surface area contributed by atoms with E-state index < -0.39 is 0 Å². The topological polar surface area (TPSA) is 9.23 Å². The SMILES string of the molecule is CCSC1(S)CCc2ccccc2O1. The fourth-order valence-corrected chi connectivity index (χ4v) is 3.10. The highest BCUT2D eigenvalue weighted by atomic mass is 32.2. The monoisotopic (exact) mass is 226 g/mol. The molecule has 1 aliphatic heterocycles. The Labute approximate surface area is 94.6 Å². The highest BCUT2D eigenvalue weighted by Crippen LogP contribution is 2.42.